The van der Waals surface area contributed by atoms with E-state index in [0.29, 0.717) is 12.5 Å². The van der Waals surface area contributed by atoms with Gasteiger partial charge in [0, 0.05) is 44.0 Å². The van der Waals surface area contributed by atoms with Crippen molar-refractivity contribution >= 4 is 35.6 Å². The molecule has 1 heterocycles. The zero-order chi connectivity index (χ0) is 22.4. The normalized spacial score (nSPS) is 16.0. The van der Waals surface area contributed by atoms with Crippen molar-refractivity contribution in [1.29, 1.82) is 0 Å². The van der Waals surface area contributed by atoms with E-state index in [2.05, 4.69) is 20.5 Å². The van der Waals surface area contributed by atoms with E-state index in [4.69, 9.17) is 0 Å². The number of hydrogen-bond acceptors (Lipinski definition) is 3. The average molecular weight is 561 g/mol. The maximum atomic E-state index is 14.3. The average Bonchev–Trinajstić information content (AvgIpc) is 2.75. The maximum absolute atomic E-state index is 14.3. The number of halogens is 4. The summed E-state index contributed by atoms with van der Waals surface area (Å²) in [7, 11) is 5.25. The molecule has 2 N–H and O–H groups in total. The number of likely N-dealkylation sites (N-methyl/N-ethyl adjacent to an activating group) is 1. The van der Waals surface area contributed by atoms with Crippen LogP contribution in [-0.2, 0) is 0 Å². The molecule has 0 radical (unpaired) electrons. The van der Waals surface area contributed by atoms with Gasteiger partial charge in [0.15, 0.2) is 5.96 Å². The monoisotopic (exact) mass is 561 g/mol. The molecule has 2 aromatic carbocycles. The van der Waals surface area contributed by atoms with Crippen LogP contribution < -0.4 is 15.5 Å². The van der Waals surface area contributed by atoms with Gasteiger partial charge in [-0.05, 0) is 57.3 Å². The standard InChI is InChI=1S/C23H30F3N5.HI/c1-27-23(28-15-21(30(2)3)22-19(25)8-5-9-20(22)26)29-17-10-12-31(13-11-17)18-7-4-6-16(24)14-18;/h4-9,14,17,21H,10-13,15H2,1-3H3,(H2,27,28,29);1H. The van der Waals surface area contributed by atoms with E-state index in [0.717, 1.165) is 31.6 Å². The van der Waals surface area contributed by atoms with Crippen LogP contribution in [0.15, 0.2) is 47.5 Å². The van der Waals surface area contributed by atoms with E-state index in [9.17, 15) is 13.2 Å². The summed E-state index contributed by atoms with van der Waals surface area (Å²) >= 11 is 0. The highest BCUT2D eigenvalue weighted by molar-refractivity contribution is 14.0. The third-order valence-corrected chi connectivity index (χ3v) is 5.65. The lowest BCUT2D eigenvalue weighted by Gasteiger charge is -2.35. The van der Waals surface area contributed by atoms with Crippen LogP contribution in [0, 0.1) is 17.5 Å². The van der Waals surface area contributed by atoms with Crippen molar-refractivity contribution in [2.75, 3.05) is 45.7 Å². The molecular weight excluding hydrogens is 530 g/mol. The van der Waals surface area contributed by atoms with E-state index in [1.807, 2.05) is 6.07 Å². The van der Waals surface area contributed by atoms with Crippen molar-refractivity contribution in [2.45, 2.75) is 24.9 Å². The van der Waals surface area contributed by atoms with Crippen molar-refractivity contribution in [3.05, 3.63) is 65.5 Å². The molecule has 2 aromatic rings. The van der Waals surface area contributed by atoms with Crippen molar-refractivity contribution in [1.82, 2.24) is 15.5 Å². The fourth-order valence-corrected chi connectivity index (χ4v) is 3.91. The van der Waals surface area contributed by atoms with Gasteiger partial charge in [-0.15, -0.1) is 24.0 Å². The first kappa shape index (κ1) is 26.2. The van der Waals surface area contributed by atoms with E-state index in [1.54, 1.807) is 38.2 Å². The molecule has 32 heavy (non-hydrogen) atoms. The summed E-state index contributed by atoms with van der Waals surface area (Å²) in [6.07, 6.45) is 1.74. The Morgan fingerprint density at radius 1 is 1.09 bits per heavy atom. The quantitative estimate of drug-likeness (QED) is 0.316. The molecule has 0 bridgehead atoms. The molecule has 3 rings (SSSR count). The van der Waals surface area contributed by atoms with Crippen LogP contribution in [0.5, 0.6) is 0 Å². The minimum atomic E-state index is -0.562. The number of piperidine rings is 1. The number of aliphatic imine (C=N–C) groups is 1. The molecule has 0 saturated carbocycles. The summed E-state index contributed by atoms with van der Waals surface area (Å²) in [5.41, 5.74) is 0.931. The Balaban J connectivity index is 0.00000363. The van der Waals surface area contributed by atoms with Gasteiger partial charge in [-0.25, -0.2) is 13.2 Å². The SMILES string of the molecule is CN=C(NCC(c1c(F)cccc1F)N(C)C)NC1CCN(c2cccc(F)c2)CC1.I. The second-order valence-corrected chi connectivity index (χ2v) is 7.95. The van der Waals surface area contributed by atoms with Gasteiger partial charge in [0.1, 0.15) is 17.5 Å². The van der Waals surface area contributed by atoms with Gasteiger partial charge < -0.3 is 20.4 Å². The van der Waals surface area contributed by atoms with E-state index in [-0.39, 0.29) is 41.4 Å². The molecular formula is C23H31F3IN5. The van der Waals surface area contributed by atoms with Gasteiger partial charge in [-0.1, -0.05) is 12.1 Å². The molecule has 5 nitrogen and oxygen atoms in total. The van der Waals surface area contributed by atoms with Gasteiger partial charge in [0.2, 0.25) is 0 Å². The first-order valence-corrected chi connectivity index (χ1v) is 10.5. The molecule has 0 aromatic heterocycles. The molecule has 0 aliphatic carbocycles. The molecule has 1 unspecified atom stereocenters. The summed E-state index contributed by atoms with van der Waals surface area (Å²) in [5.74, 6) is -0.766. The third kappa shape index (κ3) is 6.74. The summed E-state index contributed by atoms with van der Waals surface area (Å²) < 4.78 is 42.0. The van der Waals surface area contributed by atoms with Gasteiger partial charge in [0.05, 0.1) is 6.04 Å². The Labute approximate surface area is 205 Å². The number of guanidine groups is 1. The molecule has 1 saturated heterocycles. The van der Waals surface area contributed by atoms with E-state index in [1.165, 1.54) is 24.3 Å². The highest BCUT2D eigenvalue weighted by atomic mass is 127. The number of hydrogen-bond donors (Lipinski definition) is 2. The lowest BCUT2D eigenvalue weighted by Crippen LogP contribution is -2.50. The Kier molecular flexibility index (Phi) is 10.1. The van der Waals surface area contributed by atoms with Crippen molar-refractivity contribution < 1.29 is 13.2 Å². The highest BCUT2D eigenvalue weighted by Gasteiger charge is 2.24. The second-order valence-electron chi connectivity index (χ2n) is 7.95. The van der Waals surface area contributed by atoms with Gasteiger partial charge in [0.25, 0.3) is 0 Å². The van der Waals surface area contributed by atoms with Crippen LogP contribution in [0.25, 0.3) is 0 Å². The summed E-state index contributed by atoms with van der Waals surface area (Å²) in [6, 6.07) is 10.3. The predicted octanol–water partition coefficient (Wildman–Crippen LogP) is 4.16. The fraction of sp³-hybridized carbons (Fsp3) is 0.435. The largest absolute Gasteiger partial charge is 0.371 e. The topological polar surface area (TPSA) is 42.9 Å². The Bertz CT molecular complexity index is 881. The van der Waals surface area contributed by atoms with Crippen LogP contribution in [-0.4, -0.2) is 57.7 Å². The molecule has 1 aliphatic rings. The molecule has 1 aliphatic heterocycles. The van der Waals surface area contributed by atoms with E-state index >= 15 is 0 Å². The first-order valence-electron chi connectivity index (χ1n) is 10.5. The minimum absolute atomic E-state index is 0. The lowest BCUT2D eigenvalue weighted by molar-refractivity contribution is 0.282. The van der Waals surface area contributed by atoms with Crippen LogP contribution in [0.1, 0.15) is 24.4 Å². The second kappa shape index (κ2) is 12.3. The Hall–Kier alpha value is -2.01. The summed E-state index contributed by atoms with van der Waals surface area (Å²) in [5, 5.41) is 6.60. The number of anilines is 1. The molecule has 0 amide bonds. The molecule has 0 spiro atoms. The number of rotatable bonds is 6. The van der Waals surface area contributed by atoms with Crippen molar-refractivity contribution in [3.63, 3.8) is 0 Å². The highest BCUT2D eigenvalue weighted by Crippen LogP contribution is 2.24. The predicted molar refractivity (Wildman–Crippen MR) is 134 cm³/mol. The molecule has 9 heteroatoms. The van der Waals surface area contributed by atoms with Crippen LogP contribution in [0.3, 0.4) is 0 Å². The summed E-state index contributed by atoms with van der Waals surface area (Å²) in [4.78, 5) is 8.21. The van der Waals surface area contributed by atoms with Gasteiger partial charge in [-0.2, -0.15) is 0 Å². The lowest BCUT2D eigenvalue weighted by atomic mass is 10.0. The minimum Gasteiger partial charge on any atom is -0.371 e. The molecule has 176 valence electrons. The maximum Gasteiger partial charge on any atom is 0.191 e. The smallest absolute Gasteiger partial charge is 0.191 e. The summed E-state index contributed by atoms with van der Waals surface area (Å²) in [6.45, 7) is 1.91. The first-order chi connectivity index (χ1) is 14.9. The van der Waals surface area contributed by atoms with E-state index < -0.39 is 17.7 Å². The Morgan fingerprint density at radius 2 is 1.72 bits per heavy atom. The number of nitrogens with zero attached hydrogens (tertiary/aromatic N) is 3. The van der Waals surface area contributed by atoms with Crippen LogP contribution in [0.2, 0.25) is 0 Å². The zero-order valence-electron chi connectivity index (χ0n) is 18.6. The van der Waals surface area contributed by atoms with Gasteiger partial charge >= 0.3 is 0 Å². The van der Waals surface area contributed by atoms with Crippen molar-refractivity contribution in [2.24, 2.45) is 4.99 Å². The number of nitrogens with one attached hydrogen (secondary N) is 2. The third-order valence-electron chi connectivity index (χ3n) is 5.65. The molecule has 1 fully saturated rings. The number of benzene rings is 2. The van der Waals surface area contributed by atoms with Gasteiger partial charge in [-0.3, -0.25) is 4.99 Å². The fourth-order valence-electron chi connectivity index (χ4n) is 3.91. The van der Waals surface area contributed by atoms with Crippen LogP contribution >= 0.6 is 24.0 Å². The zero-order valence-corrected chi connectivity index (χ0v) is 20.9. The Morgan fingerprint density at radius 3 is 2.28 bits per heavy atom. The van der Waals surface area contributed by atoms with Crippen molar-refractivity contribution in [3.8, 4) is 0 Å². The van der Waals surface area contributed by atoms with Crippen LogP contribution in [0.4, 0.5) is 18.9 Å². The molecule has 1 atom stereocenters.